The van der Waals surface area contributed by atoms with E-state index in [1.807, 2.05) is 5.43 Å². The maximum atomic E-state index is 11.0. The Kier molecular flexibility index (Phi) is 4.94. The highest BCUT2D eigenvalue weighted by molar-refractivity contribution is 5.91. The van der Waals surface area contributed by atoms with Gasteiger partial charge in [-0.05, 0) is 12.3 Å². The van der Waals surface area contributed by atoms with Crippen molar-refractivity contribution in [3.63, 3.8) is 0 Å². The number of rotatable bonds is 6. The Balaban J connectivity index is 2.32. The number of hydrogen-bond donors (Lipinski definition) is 2. The molecule has 0 saturated heterocycles. The fraction of sp³-hybridized carbons (Fsp3) is 0.600. The second kappa shape index (κ2) is 6.24. The predicted molar refractivity (Wildman–Crippen MR) is 57.3 cm³/mol. The van der Waals surface area contributed by atoms with Crippen molar-refractivity contribution in [1.29, 1.82) is 0 Å². The van der Waals surface area contributed by atoms with Crippen molar-refractivity contribution < 1.29 is 14.1 Å². The molecule has 0 radical (unpaired) electrons. The standard InChI is InChI=1S/C10H17N3O3/c1-7(2)3-4-15-6-8-5-9(13-16-8)10(14)12-11/h5,7H,3-4,6,11H2,1-2H3,(H,12,14). The number of nitrogens with zero attached hydrogens (tertiary/aromatic N) is 1. The number of carbonyl (C=O) groups excluding carboxylic acids is 1. The Hall–Kier alpha value is -1.40. The van der Waals surface area contributed by atoms with Crippen LogP contribution >= 0.6 is 0 Å². The molecule has 0 unspecified atom stereocenters. The average Bonchev–Trinajstić information content (AvgIpc) is 2.71. The third-order valence-electron chi connectivity index (χ3n) is 2.01. The first-order chi connectivity index (χ1) is 7.63. The van der Waals surface area contributed by atoms with Crippen molar-refractivity contribution in [3.8, 4) is 0 Å². The molecule has 0 spiro atoms. The molecule has 0 saturated carbocycles. The first kappa shape index (κ1) is 12.7. The van der Waals surface area contributed by atoms with Crippen LogP contribution in [0.1, 0.15) is 36.5 Å². The molecule has 6 nitrogen and oxygen atoms in total. The summed E-state index contributed by atoms with van der Waals surface area (Å²) in [6, 6.07) is 1.51. The zero-order valence-electron chi connectivity index (χ0n) is 9.53. The SMILES string of the molecule is CC(C)CCOCc1cc(C(=O)NN)no1. The first-order valence-corrected chi connectivity index (χ1v) is 5.17. The Morgan fingerprint density at radius 1 is 1.69 bits per heavy atom. The summed E-state index contributed by atoms with van der Waals surface area (Å²) in [4.78, 5) is 11.0. The van der Waals surface area contributed by atoms with E-state index in [0.29, 0.717) is 24.9 Å². The predicted octanol–water partition coefficient (Wildman–Crippen LogP) is 0.841. The molecule has 3 N–H and O–H groups in total. The summed E-state index contributed by atoms with van der Waals surface area (Å²) < 4.78 is 10.3. The van der Waals surface area contributed by atoms with Crippen LogP contribution in [0, 0.1) is 5.92 Å². The molecule has 1 amide bonds. The van der Waals surface area contributed by atoms with Crippen molar-refractivity contribution in [1.82, 2.24) is 10.6 Å². The third kappa shape index (κ3) is 4.00. The lowest BCUT2D eigenvalue weighted by Gasteiger charge is -2.03. The second-order valence-electron chi connectivity index (χ2n) is 3.89. The Bertz CT molecular complexity index is 336. The number of ether oxygens (including phenoxy) is 1. The number of hydrogen-bond acceptors (Lipinski definition) is 5. The lowest BCUT2D eigenvalue weighted by atomic mass is 10.1. The maximum absolute atomic E-state index is 11.0. The second-order valence-corrected chi connectivity index (χ2v) is 3.89. The number of nitrogen functional groups attached to an aromatic ring is 1. The summed E-state index contributed by atoms with van der Waals surface area (Å²) in [5, 5.41) is 3.55. The molecule has 90 valence electrons. The van der Waals surface area contributed by atoms with E-state index in [1.54, 1.807) is 0 Å². The molecule has 1 heterocycles. The van der Waals surface area contributed by atoms with Crippen LogP contribution in [0.2, 0.25) is 0 Å². The molecular formula is C10H17N3O3. The Morgan fingerprint density at radius 3 is 3.06 bits per heavy atom. The number of aromatic nitrogens is 1. The van der Waals surface area contributed by atoms with E-state index in [-0.39, 0.29) is 5.69 Å². The van der Waals surface area contributed by atoms with Gasteiger partial charge in [0.05, 0.1) is 0 Å². The van der Waals surface area contributed by atoms with Crippen LogP contribution in [-0.4, -0.2) is 17.7 Å². The van der Waals surface area contributed by atoms with Gasteiger partial charge in [-0.15, -0.1) is 0 Å². The van der Waals surface area contributed by atoms with E-state index in [9.17, 15) is 4.79 Å². The lowest BCUT2D eigenvalue weighted by Crippen LogP contribution is -2.30. The van der Waals surface area contributed by atoms with Gasteiger partial charge in [0.1, 0.15) is 6.61 Å². The summed E-state index contributed by atoms with van der Waals surface area (Å²) in [6.07, 6.45) is 0.990. The van der Waals surface area contributed by atoms with E-state index in [0.717, 1.165) is 6.42 Å². The number of nitrogens with two attached hydrogens (primary N) is 1. The Labute approximate surface area is 94.1 Å². The largest absolute Gasteiger partial charge is 0.373 e. The summed E-state index contributed by atoms with van der Waals surface area (Å²) in [5.41, 5.74) is 2.13. The molecule has 0 aliphatic heterocycles. The van der Waals surface area contributed by atoms with Crippen molar-refractivity contribution in [2.45, 2.75) is 26.9 Å². The van der Waals surface area contributed by atoms with Crippen molar-refractivity contribution >= 4 is 5.91 Å². The van der Waals surface area contributed by atoms with Crippen LogP contribution < -0.4 is 11.3 Å². The van der Waals surface area contributed by atoms with Gasteiger partial charge in [0.15, 0.2) is 11.5 Å². The summed E-state index contributed by atoms with van der Waals surface area (Å²) in [6.45, 7) is 5.23. The van der Waals surface area contributed by atoms with Crippen LogP contribution in [-0.2, 0) is 11.3 Å². The molecule has 1 aromatic rings. The number of hydrazine groups is 1. The van der Waals surface area contributed by atoms with E-state index < -0.39 is 5.91 Å². The molecule has 6 heteroatoms. The lowest BCUT2D eigenvalue weighted by molar-refractivity contribution is 0.0911. The highest BCUT2D eigenvalue weighted by Crippen LogP contribution is 2.06. The van der Waals surface area contributed by atoms with Crippen molar-refractivity contribution in [2.24, 2.45) is 11.8 Å². The van der Waals surface area contributed by atoms with Crippen LogP contribution in [0.25, 0.3) is 0 Å². The molecule has 0 fully saturated rings. The summed E-state index contributed by atoms with van der Waals surface area (Å²) in [5.74, 6) is 5.60. The molecule has 0 atom stereocenters. The minimum atomic E-state index is -0.475. The number of nitrogens with one attached hydrogen (secondary N) is 1. The van der Waals surface area contributed by atoms with E-state index in [1.165, 1.54) is 6.07 Å². The Morgan fingerprint density at radius 2 is 2.44 bits per heavy atom. The highest BCUT2D eigenvalue weighted by Gasteiger charge is 2.10. The average molecular weight is 227 g/mol. The summed E-state index contributed by atoms with van der Waals surface area (Å²) in [7, 11) is 0. The topological polar surface area (TPSA) is 90.4 Å². The van der Waals surface area contributed by atoms with Gasteiger partial charge in [-0.2, -0.15) is 0 Å². The van der Waals surface area contributed by atoms with Crippen LogP contribution in [0.5, 0.6) is 0 Å². The van der Waals surface area contributed by atoms with Gasteiger partial charge in [0.25, 0.3) is 5.91 Å². The molecule has 0 aliphatic carbocycles. The van der Waals surface area contributed by atoms with Gasteiger partial charge < -0.3 is 9.26 Å². The minimum absolute atomic E-state index is 0.157. The first-order valence-electron chi connectivity index (χ1n) is 5.17. The zero-order chi connectivity index (χ0) is 12.0. The normalized spacial score (nSPS) is 10.8. The van der Waals surface area contributed by atoms with Gasteiger partial charge in [-0.25, -0.2) is 5.84 Å². The summed E-state index contributed by atoms with van der Waals surface area (Å²) >= 11 is 0. The van der Waals surface area contributed by atoms with Crippen LogP contribution in [0.4, 0.5) is 0 Å². The van der Waals surface area contributed by atoms with Gasteiger partial charge in [0, 0.05) is 12.7 Å². The molecule has 0 aliphatic rings. The highest BCUT2D eigenvalue weighted by atomic mass is 16.5. The quantitative estimate of drug-likeness (QED) is 0.325. The van der Waals surface area contributed by atoms with E-state index in [2.05, 4.69) is 19.0 Å². The molecule has 1 rings (SSSR count). The number of carbonyl (C=O) groups is 1. The smallest absolute Gasteiger partial charge is 0.287 e. The van der Waals surface area contributed by atoms with Crippen molar-refractivity contribution in [2.75, 3.05) is 6.61 Å². The molecule has 16 heavy (non-hydrogen) atoms. The van der Waals surface area contributed by atoms with Gasteiger partial charge in [0.2, 0.25) is 0 Å². The van der Waals surface area contributed by atoms with Gasteiger partial charge >= 0.3 is 0 Å². The minimum Gasteiger partial charge on any atom is -0.373 e. The zero-order valence-corrected chi connectivity index (χ0v) is 9.53. The maximum Gasteiger partial charge on any atom is 0.287 e. The monoisotopic (exact) mass is 227 g/mol. The van der Waals surface area contributed by atoms with Gasteiger partial charge in [-0.3, -0.25) is 10.2 Å². The fourth-order valence-corrected chi connectivity index (χ4v) is 1.05. The van der Waals surface area contributed by atoms with Crippen LogP contribution in [0.15, 0.2) is 10.6 Å². The van der Waals surface area contributed by atoms with E-state index >= 15 is 0 Å². The molecule has 0 aromatic carbocycles. The fourth-order valence-electron chi connectivity index (χ4n) is 1.05. The number of amides is 1. The van der Waals surface area contributed by atoms with Crippen molar-refractivity contribution in [3.05, 3.63) is 17.5 Å². The molecule has 1 aromatic heterocycles. The third-order valence-corrected chi connectivity index (χ3v) is 2.01. The molecular weight excluding hydrogens is 210 g/mol. The molecule has 0 bridgehead atoms. The van der Waals surface area contributed by atoms with E-state index in [4.69, 9.17) is 15.1 Å². The van der Waals surface area contributed by atoms with Crippen LogP contribution in [0.3, 0.4) is 0 Å². The van der Waals surface area contributed by atoms with Gasteiger partial charge in [-0.1, -0.05) is 19.0 Å².